The Labute approximate surface area is 121 Å². The van der Waals surface area contributed by atoms with Crippen molar-refractivity contribution in [3.8, 4) is 0 Å². The quantitative estimate of drug-likeness (QED) is 0.865. The van der Waals surface area contributed by atoms with E-state index in [4.69, 9.17) is 0 Å². The molecule has 3 heterocycles. The Hall–Kier alpha value is -1.57. The average Bonchev–Trinajstić information content (AvgIpc) is 3.01. The summed E-state index contributed by atoms with van der Waals surface area (Å²) in [6.07, 6.45) is 2.60. The number of nitrogens with zero attached hydrogens (tertiary/aromatic N) is 3. The highest BCUT2D eigenvalue weighted by molar-refractivity contribution is 5.82. The lowest BCUT2D eigenvalue weighted by Crippen LogP contribution is -2.42. The molecule has 0 aromatic carbocycles. The van der Waals surface area contributed by atoms with Gasteiger partial charge >= 0.3 is 0 Å². The number of carbonyl (C=O) groups is 1. The predicted molar refractivity (Wildman–Crippen MR) is 70.9 cm³/mol. The van der Waals surface area contributed by atoms with Gasteiger partial charge in [0.05, 0.1) is 18.6 Å². The molecule has 2 unspecified atom stereocenters. The molecule has 3 rings (SSSR count). The van der Waals surface area contributed by atoms with Crippen molar-refractivity contribution in [3.63, 3.8) is 0 Å². The van der Waals surface area contributed by atoms with Crippen molar-refractivity contribution in [2.24, 2.45) is 0 Å². The Morgan fingerprint density at radius 3 is 3.00 bits per heavy atom. The number of aryl methyl sites for hydroxylation is 1. The second kappa shape index (κ2) is 5.32. The van der Waals surface area contributed by atoms with Crippen LogP contribution in [0.15, 0.2) is 0 Å². The van der Waals surface area contributed by atoms with Crippen molar-refractivity contribution in [2.45, 2.75) is 57.2 Å². The SMILES string of the molecule is CC(NC(=O)C1CC(F)(F)CN1)c1nnc2n1CCCC2. The van der Waals surface area contributed by atoms with E-state index in [9.17, 15) is 13.6 Å². The van der Waals surface area contributed by atoms with Crippen LogP contribution in [-0.4, -0.2) is 39.2 Å². The molecule has 0 saturated carbocycles. The zero-order valence-electron chi connectivity index (χ0n) is 11.9. The largest absolute Gasteiger partial charge is 0.345 e. The fourth-order valence-electron chi connectivity index (χ4n) is 2.93. The van der Waals surface area contributed by atoms with Crippen LogP contribution in [0.2, 0.25) is 0 Å². The molecule has 8 heteroatoms. The van der Waals surface area contributed by atoms with Crippen LogP contribution in [0.5, 0.6) is 0 Å². The molecule has 2 atom stereocenters. The van der Waals surface area contributed by atoms with Crippen LogP contribution in [0.4, 0.5) is 8.78 Å². The topological polar surface area (TPSA) is 71.8 Å². The number of fused-ring (bicyclic) bond motifs is 1. The summed E-state index contributed by atoms with van der Waals surface area (Å²) in [6, 6.07) is -1.18. The summed E-state index contributed by atoms with van der Waals surface area (Å²) in [5.74, 6) is -1.59. The summed E-state index contributed by atoms with van der Waals surface area (Å²) in [5, 5.41) is 13.6. The number of aromatic nitrogens is 3. The molecule has 116 valence electrons. The molecule has 1 saturated heterocycles. The number of hydrogen-bond acceptors (Lipinski definition) is 4. The van der Waals surface area contributed by atoms with Crippen LogP contribution in [0, 0.1) is 0 Å². The summed E-state index contributed by atoms with van der Waals surface area (Å²) in [6.45, 7) is 2.20. The van der Waals surface area contributed by atoms with Gasteiger partial charge in [-0.05, 0) is 19.8 Å². The first-order valence-electron chi connectivity index (χ1n) is 7.30. The van der Waals surface area contributed by atoms with E-state index in [1.165, 1.54) is 0 Å². The molecule has 1 fully saturated rings. The van der Waals surface area contributed by atoms with Crippen molar-refractivity contribution in [2.75, 3.05) is 6.54 Å². The summed E-state index contributed by atoms with van der Waals surface area (Å²) in [4.78, 5) is 12.0. The van der Waals surface area contributed by atoms with E-state index < -0.39 is 30.8 Å². The normalized spacial score (nSPS) is 25.4. The maximum Gasteiger partial charge on any atom is 0.262 e. The van der Waals surface area contributed by atoms with Gasteiger partial charge in [-0.3, -0.25) is 10.1 Å². The van der Waals surface area contributed by atoms with E-state index in [0.717, 1.165) is 31.6 Å². The lowest BCUT2D eigenvalue weighted by molar-refractivity contribution is -0.124. The third-order valence-electron chi connectivity index (χ3n) is 4.06. The van der Waals surface area contributed by atoms with Crippen LogP contribution >= 0.6 is 0 Å². The second-order valence-corrected chi connectivity index (χ2v) is 5.81. The fraction of sp³-hybridized carbons (Fsp3) is 0.769. The molecule has 0 bridgehead atoms. The predicted octanol–water partition coefficient (Wildman–Crippen LogP) is 0.789. The van der Waals surface area contributed by atoms with Crippen molar-refractivity contribution < 1.29 is 13.6 Å². The molecule has 1 aromatic heterocycles. The first-order chi connectivity index (χ1) is 9.96. The van der Waals surface area contributed by atoms with Crippen LogP contribution in [0.25, 0.3) is 0 Å². The van der Waals surface area contributed by atoms with Gasteiger partial charge < -0.3 is 9.88 Å². The Bertz CT molecular complexity index is 545. The van der Waals surface area contributed by atoms with Gasteiger partial charge in [0.2, 0.25) is 5.91 Å². The molecule has 1 amide bonds. The van der Waals surface area contributed by atoms with Gasteiger partial charge in [-0.25, -0.2) is 8.78 Å². The first kappa shape index (κ1) is 14.4. The number of carbonyl (C=O) groups excluding carboxylic acids is 1. The molecule has 2 N–H and O–H groups in total. The van der Waals surface area contributed by atoms with Gasteiger partial charge in [0.15, 0.2) is 5.82 Å². The standard InChI is InChI=1S/C13H19F2N5O/c1-8(11-19-18-10-4-2-3-5-20(10)11)17-12(21)9-6-13(14,15)7-16-9/h8-9,16H,2-7H2,1H3,(H,17,21). The zero-order chi connectivity index (χ0) is 15.0. The Morgan fingerprint density at radius 2 is 2.29 bits per heavy atom. The fourth-order valence-corrected chi connectivity index (χ4v) is 2.93. The van der Waals surface area contributed by atoms with Gasteiger partial charge in [0.1, 0.15) is 5.82 Å². The lowest BCUT2D eigenvalue weighted by atomic mass is 10.1. The molecule has 6 nitrogen and oxygen atoms in total. The van der Waals surface area contributed by atoms with Crippen molar-refractivity contribution in [1.82, 2.24) is 25.4 Å². The highest BCUT2D eigenvalue weighted by Gasteiger charge is 2.42. The molecule has 1 aromatic rings. The summed E-state index contributed by atoms with van der Waals surface area (Å²) >= 11 is 0. The van der Waals surface area contributed by atoms with Crippen LogP contribution < -0.4 is 10.6 Å². The van der Waals surface area contributed by atoms with E-state index in [1.54, 1.807) is 6.92 Å². The van der Waals surface area contributed by atoms with E-state index in [-0.39, 0.29) is 6.04 Å². The number of rotatable bonds is 3. The molecule has 2 aliphatic rings. The summed E-state index contributed by atoms with van der Waals surface area (Å²) in [5.41, 5.74) is 0. The molecule has 0 aliphatic carbocycles. The third kappa shape index (κ3) is 2.90. The highest BCUT2D eigenvalue weighted by Crippen LogP contribution is 2.26. The van der Waals surface area contributed by atoms with Gasteiger partial charge in [0.25, 0.3) is 5.92 Å². The molecule has 0 radical (unpaired) electrons. The van der Waals surface area contributed by atoms with Gasteiger partial charge in [-0.15, -0.1) is 10.2 Å². The van der Waals surface area contributed by atoms with Crippen LogP contribution in [0.3, 0.4) is 0 Å². The van der Waals surface area contributed by atoms with Crippen molar-refractivity contribution in [1.29, 1.82) is 0 Å². The van der Waals surface area contributed by atoms with Gasteiger partial charge in [0, 0.05) is 19.4 Å². The maximum atomic E-state index is 13.1. The minimum absolute atomic E-state index is 0.340. The van der Waals surface area contributed by atoms with E-state index in [0.29, 0.717) is 5.82 Å². The van der Waals surface area contributed by atoms with E-state index in [1.807, 2.05) is 4.57 Å². The van der Waals surface area contributed by atoms with Crippen LogP contribution in [-0.2, 0) is 17.8 Å². The monoisotopic (exact) mass is 299 g/mol. The lowest BCUT2D eigenvalue weighted by Gasteiger charge is -2.20. The third-order valence-corrected chi connectivity index (χ3v) is 4.06. The Morgan fingerprint density at radius 1 is 1.48 bits per heavy atom. The molecule has 2 aliphatic heterocycles. The number of hydrogen-bond donors (Lipinski definition) is 2. The smallest absolute Gasteiger partial charge is 0.262 e. The molecular formula is C13H19F2N5O. The van der Waals surface area contributed by atoms with Gasteiger partial charge in [-0.2, -0.15) is 0 Å². The average molecular weight is 299 g/mol. The molecule has 0 spiro atoms. The minimum atomic E-state index is -2.81. The maximum absolute atomic E-state index is 13.1. The van der Waals surface area contributed by atoms with Crippen molar-refractivity contribution in [3.05, 3.63) is 11.6 Å². The number of alkyl halides is 2. The minimum Gasteiger partial charge on any atom is -0.345 e. The van der Waals surface area contributed by atoms with E-state index in [2.05, 4.69) is 20.8 Å². The van der Waals surface area contributed by atoms with Crippen LogP contribution in [0.1, 0.15) is 43.9 Å². The zero-order valence-corrected chi connectivity index (χ0v) is 11.9. The van der Waals surface area contributed by atoms with Gasteiger partial charge in [-0.1, -0.05) is 0 Å². The Kier molecular flexibility index (Phi) is 3.64. The highest BCUT2D eigenvalue weighted by atomic mass is 19.3. The number of amides is 1. The summed E-state index contributed by atoms with van der Waals surface area (Å²) < 4.78 is 28.3. The number of halogens is 2. The number of nitrogens with one attached hydrogen (secondary N) is 2. The first-order valence-corrected chi connectivity index (χ1v) is 7.30. The van der Waals surface area contributed by atoms with E-state index >= 15 is 0 Å². The molecular weight excluding hydrogens is 280 g/mol. The second-order valence-electron chi connectivity index (χ2n) is 5.81. The Balaban J connectivity index is 1.65. The summed E-state index contributed by atoms with van der Waals surface area (Å²) in [7, 11) is 0. The van der Waals surface area contributed by atoms with Crippen molar-refractivity contribution >= 4 is 5.91 Å². The molecule has 21 heavy (non-hydrogen) atoms.